The van der Waals surface area contributed by atoms with Crippen molar-refractivity contribution in [3.8, 4) is 0 Å². The van der Waals surface area contributed by atoms with Crippen LogP contribution in [0.3, 0.4) is 0 Å². The number of amides is 1. The zero-order chi connectivity index (χ0) is 18.6. The maximum Gasteiger partial charge on any atom is 0.408 e. The summed E-state index contributed by atoms with van der Waals surface area (Å²) in [6, 6.07) is 6.93. The number of aliphatic carboxylic acids is 1. The van der Waals surface area contributed by atoms with Crippen LogP contribution < -0.4 is 5.32 Å². The molecule has 2 aromatic rings. The van der Waals surface area contributed by atoms with Gasteiger partial charge in [0.2, 0.25) is 0 Å². The molecule has 1 aliphatic rings. The Hall–Kier alpha value is -2.15. The van der Waals surface area contributed by atoms with Crippen LogP contribution in [0.15, 0.2) is 24.3 Å². The van der Waals surface area contributed by atoms with Gasteiger partial charge in [0.25, 0.3) is 0 Å². The molecule has 1 fully saturated rings. The number of benzene rings is 1. The van der Waals surface area contributed by atoms with Crippen LogP contribution in [0.1, 0.15) is 56.9 Å². The molecule has 1 aliphatic carbocycles. The Morgan fingerprint density at radius 2 is 2.08 bits per heavy atom. The maximum absolute atomic E-state index is 12.5. The number of carbonyl (C=O) groups excluding carboxylic acids is 1. The van der Waals surface area contributed by atoms with E-state index in [1.165, 1.54) is 0 Å². The van der Waals surface area contributed by atoms with E-state index in [4.69, 9.17) is 4.74 Å². The number of rotatable bonds is 7. The molecule has 3 rings (SSSR count). The second kappa shape index (κ2) is 8.03. The molecule has 1 aromatic heterocycles. The normalized spacial score (nSPS) is 17.1. The zero-order valence-corrected chi connectivity index (χ0v) is 15.7. The van der Waals surface area contributed by atoms with E-state index in [1.807, 2.05) is 31.2 Å². The van der Waals surface area contributed by atoms with Crippen LogP contribution in [-0.2, 0) is 15.1 Å². The third-order valence-electron chi connectivity index (χ3n) is 4.82. The van der Waals surface area contributed by atoms with Crippen LogP contribution in [0.25, 0.3) is 10.2 Å². The molecular formula is C19H24N2O4S. The minimum atomic E-state index is -1.03. The Balaban J connectivity index is 1.77. The van der Waals surface area contributed by atoms with E-state index in [9.17, 15) is 14.7 Å². The highest BCUT2D eigenvalue weighted by Crippen LogP contribution is 2.44. The summed E-state index contributed by atoms with van der Waals surface area (Å²) in [5, 5.41) is 12.6. The highest BCUT2D eigenvalue weighted by molar-refractivity contribution is 7.18. The topological polar surface area (TPSA) is 88.5 Å². The van der Waals surface area contributed by atoms with Gasteiger partial charge in [-0.05, 0) is 44.2 Å². The number of para-hydroxylation sites is 1. The molecule has 0 unspecified atom stereocenters. The summed E-state index contributed by atoms with van der Waals surface area (Å²) in [5.74, 6) is -1.03. The van der Waals surface area contributed by atoms with Crippen LogP contribution in [-0.4, -0.2) is 28.2 Å². The van der Waals surface area contributed by atoms with E-state index in [1.54, 1.807) is 11.3 Å². The van der Waals surface area contributed by atoms with Gasteiger partial charge in [0.1, 0.15) is 11.0 Å². The lowest BCUT2D eigenvalue weighted by Crippen LogP contribution is -2.44. The molecule has 2 N–H and O–H groups in total. The number of ether oxygens (including phenoxy) is 1. The zero-order valence-electron chi connectivity index (χ0n) is 14.9. The fourth-order valence-electron chi connectivity index (χ4n) is 3.39. The van der Waals surface area contributed by atoms with Crippen LogP contribution in [0.5, 0.6) is 0 Å². The molecule has 0 bridgehead atoms. The molecule has 0 radical (unpaired) electrons. The quantitative estimate of drug-likeness (QED) is 0.746. The van der Waals surface area contributed by atoms with E-state index in [-0.39, 0.29) is 0 Å². The molecule has 26 heavy (non-hydrogen) atoms. The SMILES string of the molecule is CCCC[C@H](NC(=O)OC1(c2nc3ccccc3s2)CCCC1)C(=O)O. The van der Waals surface area contributed by atoms with Gasteiger partial charge in [-0.15, -0.1) is 11.3 Å². The summed E-state index contributed by atoms with van der Waals surface area (Å²) in [6.45, 7) is 1.98. The number of aromatic nitrogens is 1. The molecule has 1 heterocycles. The Morgan fingerprint density at radius 3 is 2.73 bits per heavy atom. The van der Waals surface area contributed by atoms with Gasteiger partial charge in [0, 0.05) is 0 Å². The molecule has 0 spiro atoms. The van der Waals surface area contributed by atoms with Gasteiger partial charge >= 0.3 is 12.1 Å². The third-order valence-corrected chi connectivity index (χ3v) is 6.04. The number of nitrogens with one attached hydrogen (secondary N) is 1. The first-order valence-electron chi connectivity index (χ1n) is 9.12. The maximum atomic E-state index is 12.5. The van der Waals surface area contributed by atoms with Gasteiger partial charge in [-0.3, -0.25) is 0 Å². The molecule has 0 saturated heterocycles. The summed E-state index contributed by atoms with van der Waals surface area (Å²) in [6.07, 6.45) is 4.68. The number of thiazole rings is 1. The number of carbonyl (C=O) groups is 2. The average Bonchev–Trinajstić information content (AvgIpc) is 3.25. The number of hydrogen-bond acceptors (Lipinski definition) is 5. The van der Waals surface area contributed by atoms with E-state index in [0.29, 0.717) is 19.3 Å². The number of fused-ring (bicyclic) bond motifs is 1. The minimum Gasteiger partial charge on any atom is -0.480 e. The van der Waals surface area contributed by atoms with Crippen LogP contribution in [0.2, 0.25) is 0 Å². The Kier molecular flexibility index (Phi) is 5.76. The monoisotopic (exact) mass is 376 g/mol. The molecule has 7 heteroatoms. The van der Waals surface area contributed by atoms with Crippen LogP contribution in [0, 0.1) is 0 Å². The predicted octanol–water partition coefficient (Wildman–Crippen LogP) is 4.44. The lowest BCUT2D eigenvalue weighted by atomic mass is 10.0. The van der Waals surface area contributed by atoms with Crippen LogP contribution in [0.4, 0.5) is 4.79 Å². The molecule has 0 aliphatic heterocycles. The van der Waals surface area contributed by atoms with Crippen molar-refractivity contribution in [2.75, 3.05) is 0 Å². The van der Waals surface area contributed by atoms with Gasteiger partial charge in [0.05, 0.1) is 10.2 Å². The summed E-state index contributed by atoms with van der Waals surface area (Å²) in [5.41, 5.74) is 0.149. The Labute approximate surface area is 156 Å². The van der Waals surface area contributed by atoms with Crippen molar-refractivity contribution in [2.24, 2.45) is 0 Å². The first-order valence-corrected chi connectivity index (χ1v) is 9.94. The van der Waals surface area contributed by atoms with E-state index >= 15 is 0 Å². The molecule has 1 aromatic carbocycles. The fraction of sp³-hybridized carbons (Fsp3) is 0.526. The van der Waals surface area contributed by atoms with E-state index in [2.05, 4.69) is 10.3 Å². The van der Waals surface area contributed by atoms with Crippen molar-refractivity contribution in [3.05, 3.63) is 29.3 Å². The van der Waals surface area contributed by atoms with Gasteiger partial charge in [-0.25, -0.2) is 14.6 Å². The minimum absolute atomic E-state index is 0.398. The van der Waals surface area contributed by atoms with Crippen LogP contribution >= 0.6 is 11.3 Å². The number of unbranched alkanes of at least 4 members (excludes halogenated alkanes) is 1. The Bertz CT molecular complexity index is 750. The lowest BCUT2D eigenvalue weighted by molar-refractivity contribution is -0.139. The highest BCUT2D eigenvalue weighted by atomic mass is 32.1. The lowest BCUT2D eigenvalue weighted by Gasteiger charge is -2.27. The second-order valence-corrected chi connectivity index (χ2v) is 7.79. The standard InChI is InChI=1S/C19H24N2O4S/c1-2-3-8-14(16(22)23)21-18(24)25-19(11-6-7-12-19)17-20-13-9-4-5-10-15(13)26-17/h4-5,9-10,14H,2-3,6-8,11-12H2,1H3,(H,21,24)(H,22,23)/t14-/m0/s1. The van der Waals surface area contributed by atoms with E-state index < -0.39 is 23.7 Å². The Morgan fingerprint density at radius 1 is 1.35 bits per heavy atom. The summed E-state index contributed by atoms with van der Waals surface area (Å²) < 4.78 is 6.87. The fourth-order valence-corrected chi connectivity index (χ4v) is 4.54. The summed E-state index contributed by atoms with van der Waals surface area (Å²) in [7, 11) is 0. The molecule has 1 saturated carbocycles. The smallest absolute Gasteiger partial charge is 0.408 e. The number of carboxylic acids is 1. The first kappa shape index (κ1) is 18.6. The second-order valence-electron chi connectivity index (χ2n) is 6.76. The van der Waals surface area contributed by atoms with Crippen molar-refractivity contribution in [1.29, 1.82) is 0 Å². The number of nitrogens with zero attached hydrogens (tertiary/aromatic N) is 1. The molecule has 1 amide bonds. The van der Waals surface area contributed by atoms with Gasteiger partial charge in [0.15, 0.2) is 5.60 Å². The van der Waals surface area contributed by atoms with Crippen molar-refractivity contribution < 1.29 is 19.4 Å². The molecule has 6 nitrogen and oxygen atoms in total. The molecule has 140 valence electrons. The molecular weight excluding hydrogens is 352 g/mol. The predicted molar refractivity (Wildman–Crippen MR) is 100 cm³/mol. The largest absolute Gasteiger partial charge is 0.480 e. The van der Waals surface area contributed by atoms with Crippen molar-refractivity contribution in [3.63, 3.8) is 0 Å². The summed E-state index contributed by atoms with van der Waals surface area (Å²) >= 11 is 1.54. The number of alkyl carbamates (subject to hydrolysis) is 1. The van der Waals surface area contributed by atoms with Gasteiger partial charge in [-0.2, -0.15) is 0 Å². The molecule has 1 atom stereocenters. The van der Waals surface area contributed by atoms with Crippen molar-refractivity contribution >= 4 is 33.6 Å². The number of hydrogen-bond donors (Lipinski definition) is 2. The van der Waals surface area contributed by atoms with Gasteiger partial charge in [-0.1, -0.05) is 31.9 Å². The summed E-state index contributed by atoms with van der Waals surface area (Å²) in [4.78, 5) is 28.5. The van der Waals surface area contributed by atoms with Crippen molar-refractivity contribution in [1.82, 2.24) is 10.3 Å². The van der Waals surface area contributed by atoms with Crippen molar-refractivity contribution in [2.45, 2.75) is 63.5 Å². The first-order chi connectivity index (χ1) is 12.5. The van der Waals surface area contributed by atoms with Gasteiger partial charge < -0.3 is 15.2 Å². The van der Waals surface area contributed by atoms with E-state index in [0.717, 1.165) is 40.9 Å². The highest BCUT2D eigenvalue weighted by Gasteiger charge is 2.43. The third kappa shape index (κ3) is 3.98. The number of carboxylic acid groups (broad SMARTS) is 1. The average molecular weight is 376 g/mol.